The van der Waals surface area contributed by atoms with Crippen LogP contribution in [0.15, 0.2) is 40.2 Å². The SMILES string of the molecule is CC(C(=O)NCCc1ccc(N)cc1)c1ccc(Br)s1.Cl. The van der Waals surface area contributed by atoms with Crippen LogP contribution in [0.4, 0.5) is 5.69 Å². The molecule has 1 amide bonds. The fourth-order valence-corrected chi connectivity index (χ4v) is 3.33. The molecule has 0 saturated carbocycles. The Hall–Kier alpha value is -1.04. The molecule has 0 spiro atoms. The predicted octanol–water partition coefficient (Wildman–Crippen LogP) is 3.98. The number of thiophene rings is 1. The van der Waals surface area contributed by atoms with Gasteiger partial charge in [0.25, 0.3) is 0 Å². The smallest absolute Gasteiger partial charge is 0.228 e. The Morgan fingerprint density at radius 3 is 2.52 bits per heavy atom. The Morgan fingerprint density at radius 1 is 1.29 bits per heavy atom. The molecule has 0 bridgehead atoms. The summed E-state index contributed by atoms with van der Waals surface area (Å²) >= 11 is 5.01. The summed E-state index contributed by atoms with van der Waals surface area (Å²) < 4.78 is 1.05. The molecule has 1 aromatic heterocycles. The first kappa shape index (κ1) is 18.0. The second-order valence-corrected chi connectivity index (χ2v) is 7.14. The summed E-state index contributed by atoms with van der Waals surface area (Å²) in [6.45, 7) is 2.57. The fourth-order valence-electron chi connectivity index (χ4n) is 1.86. The Bertz CT molecular complexity index is 586. The Kier molecular flexibility index (Phi) is 7.22. The van der Waals surface area contributed by atoms with E-state index in [1.165, 1.54) is 5.56 Å². The minimum absolute atomic E-state index is 0. The van der Waals surface area contributed by atoms with Crippen molar-refractivity contribution in [3.63, 3.8) is 0 Å². The van der Waals surface area contributed by atoms with E-state index < -0.39 is 0 Å². The highest BCUT2D eigenvalue weighted by atomic mass is 79.9. The van der Waals surface area contributed by atoms with Gasteiger partial charge < -0.3 is 11.1 Å². The maximum Gasteiger partial charge on any atom is 0.228 e. The highest BCUT2D eigenvalue weighted by molar-refractivity contribution is 9.11. The molecule has 3 nitrogen and oxygen atoms in total. The van der Waals surface area contributed by atoms with E-state index in [0.717, 1.165) is 20.8 Å². The fraction of sp³-hybridized carbons (Fsp3) is 0.267. The lowest BCUT2D eigenvalue weighted by Gasteiger charge is -2.10. The molecule has 1 aromatic carbocycles. The lowest BCUT2D eigenvalue weighted by Crippen LogP contribution is -2.29. The van der Waals surface area contributed by atoms with E-state index >= 15 is 0 Å². The van der Waals surface area contributed by atoms with E-state index in [-0.39, 0.29) is 24.2 Å². The number of anilines is 1. The molecule has 21 heavy (non-hydrogen) atoms. The molecule has 0 saturated heterocycles. The van der Waals surface area contributed by atoms with E-state index in [2.05, 4.69) is 21.2 Å². The molecule has 1 heterocycles. The van der Waals surface area contributed by atoms with Gasteiger partial charge in [0.05, 0.1) is 9.70 Å². The molecule has 114 valence electrons. The number of carbonyl (C=O) groups excluding carboxylic acids is 1. The van der Waals surface area contributed by atoms with Crippen molar-refractivity contribution in [1.29, 1.82) is 0 Å². The number of benzene rings is 1. The third-order valence-electron chi connectivity index (χ3n) is 3.11. The van der Waals surface area contributed by atoms with E-state index in [1.807, 2.05) is 43.3 Å². The van der Waals surface area contributed by atoms with Crippen LogP contribution in [0.2, 0.25) is 0 Å². The molecule has 3 N–H and O–H groups in total. The zero-order valence-corrected chi connectivity index (χ0v) is 14.9. The summed E-state index contributed by atoms with van der Waals surface area (Å²) in [4.78, 5) is 13.1. The molecule has 1 atom stereocenters. The first-order valence-corrected chi connectivity index (χ1v) is 8.04. The molecule has 1 unspecified atom stereocenters. The summed E-state index contributed by atoms with van der Waals surface area (Å²) in [5.74, 6) is -0.0486. The van der Waals surface area contributed by atoms with E-state index in [4.69, 9.17) is 5.73 Å². The Morgan fingerprint density at radius 2 is 1.95 bits per heavy atom. The van der Waals surface area contributed by atoms with E-state index in [9.17, 15) is 4.79 Å². The van der Waals surface area contributed by atoms with Crippen molar-refractivity contribution in [2.24, 2.45) is 0 Å². The summed E-state index contributed by atoms with van der Waals surface area (Å²) in [7, 11) is 0. The van der Waals surface area contributed by atoms with Crippen LogP contribution in [0, 0.1) is 0 Å². The van der Waals surface area contributed by atoms with Crippen LogP contribution in [0.3, 0.4) is 0 Å². The first-order valence-electron chi connectivity index (χ1n) is 6.43. The van der Waals surface area contributed by atoms with Crippen molar-refractivity contribution in [3.8, 4) is 0 Å². The largest absolute Gasteiger partial charge is 0.399 e. The van der Waals surface area contributed by atoms with Crippen LogP contribution >= 0.6 is 39.7 Å². The molecule has 6 heteroatoms. The van der Waals surface area contributed by atoms with Gasteiger partial charge in [-0.3, -0.25) is 4.79 Å². The third-order valence-corrected chi connectivity index (χ3v) is 4.91. The first-order chi connectivity index (χ1) is 9.56. The van der Waals surface area contributed by atoms with Crippen LogP contribution in [-0.2, 0) is 11.2 Å². The molecule has 2 aromatic rings. The van der Waals surface area contributed by atoms with Gasteiger partial charge in [-0.1, -0.05) is 12.1 Å². The molecule has 0 aliphatic carbocycles. The highest BCUT2D eigenvalue weighted by Crippen LogP contribution is 2.28. The van der Waals surface area contributed by atoms with Gasteiger partial charge in [0.2, 0.25) is 5.91 Å². The van der Waals surface area contributed by atoms with Crippen LogP contribution in [0.25, 0.3) is 0 Å². The number of halogens is 2. The molecule has 0 radical (unpaired) electrons. The number of hydrogen-bond acceptors (Lipinski definition) is 3. The van der Waals surface area contributed by atoms with Gasteiger partial charge >= 0.3 is 0 Å². The van der Waals surface area contributed by atoms with Crippen molar-refractivity contribution in [1.82, 2.24) is 5.32 Å². The number of carbonyl (C=O) groups is 1. The quantitative estimate of drug-likeness (QED) is 0.760. The average Bonchev–Trinajstić information content (AvgIpc) is 2.86. The van der Waals surface area contributed by atoms with Gasteiger partial charge in [-0.05, 0) is 59.1 Å². The maximum atomic E-state index is 12.1. The van der Waals surface area contributed by atoms with Crippen LogP contribution in [-0.4, -0.2) is 12.5 Å². The lowest BCUT2D eigenvalue weighted by molar-refractivity contribution is -0.122. The van der Waals surface area contributed by atoms with Crippen LogP contribution < -0.4 is 11.1 Å². The minimum Gasteiger partial charge on any atom is -0.399 e. The zero-order chi connectivity index (χ0) is 14.5. The van der Waals surface area contributed by atoms with Crippen molar-refractivity contribution >= 4 is 51.3 Å². The van der Waals surface area contributed by atoms with Gasteiger partial charge in [-0.2, -0.15) is 0 Å². The summed E-state index contributed by atoms with van der Waals surface area (Å²) in [5.41, 5.74) is 7.57. The highest BCUT2D eigenvalue weighted by Gasteiger charge is 2.16. The second-order valence-electron chi connectivity index (χ2n) is 4.65. The van der Waals surface area contributed by atoms with E-state index in [1.54, 1.807) is 11.3 Å². The number of hydrogen-bond donors (Lipinski definition) is 2. The van der Waals surface area contributed by atoms with Crippen molar-refractivity contribution in [2.75, 3.05) is 12.3 Å². The standard InChI is InChI=1S/C15H17BrN2OS.ClH/c1-10(13-6-7-14(16)20-13)15(19)18-9-8-11-2-4-12(17)5-3-11;/h2-7,10H,8-9,17H2,1H3,(H,18,19);1H. The van der Waals surface area contributed by atoms with Crippen LogP contribution in [0.5, 0.6) is 0 Å². The molecule has 0 aliphatic rings. The monoisotopic (exact) mass is 388 g/mol. The second kappa shape index (κ2) is 8.41. The molecule has 0 fully saturated rings. The normalized spacial score (nSPS) is 11.5. The summed E-state index contributed by atoms with van der Waals surface area (Å²) in [5, 5.41) is 2.97. The van der Waals surface area contributed by atoms with Crippen LogP contribution in [0.1, 0.15) is 23.3 Å². The Labute approximate surface area is 143 Å². The third kappa shape index (κ3) is 5.34. The predicted molar refractivity (Wildman–Crippen MR) is 95.3 cm³/mol. The van der Waals surface area contributed by atoms with E-state index in [0.29, 0.717) is 6.54 Å². The molecular weight excluding hydrogens is 372 g/mol. The van der Waals surface area contributed by atoms with Gasteiger partial charge in [-0.15, -0.1) is 23.7 Å². The van der Waals surface area contributed by atoms with Gasteiger partial charge in [-0.25, -0.2) is 0 Å². The van der Waals surface area contributed by atoms with Crippen molar-refractivity contribution in [2.45, 2.75) is 19.3 Å². The average molecular weight is 390 g/mol. The topological polar surface area (TPSA) is 55.1 Å². The van der Waals surface area contributed by atoms with Gasteiger partial charge in [0, 0.05) is 17.1 Å². The number of amides is 1. The minimum atomic E-state index is -0.113. The Balaban J connectivity index is 0.00000220. The lowest BCUT2D eigenvalue weighted by atomic mass is 10.1. The van der Waals surface area contributed by atoms with Crippen molar-refractivity contribution < 1.29 is 4.79 Å². The maximum absolute atomic E-state index is 12.1. The molecule has 0 aliphatic heterocycles. The summed E-state index contributed by atoms with van der Waals surface area (Å²) in [6.07, 6.45) is 0.812. The molecule has 2 rings (SSSR count). The number of nitrogens with two attached hydrogens (primary N) is 1. The number of nitrogen functional groups attached to an aromatic ring is 1. The zero-order valence-electron chi connectivity index (χ0n) is 11.6. The number of rotatable bonds is 5. The van der Waals surface area contributed by atoms with Gasteiger partial charge in [0.1, 0.15) is 0 Å². The number of nitrogens with one attached hydrogen (secondary N) is 1. The molecular formula is C15H18BrClN2OS. The summed E-state index contributed by atoms with van der Waals surface area (Å²) in [6, 6.07) is 11.7. The van der Waals surface area contributed by atoms with Gasteiger partial charge in [0.15, 0.2) is 0 Å². The van der Waals surface area contributed by atoms with Crippen molar-refractivity contribution in [3.05, 3.63) is 50.6 Å².